The van der Waals surface area contributed by atoms with Crippen LogP contribution < -0.4 is 5.32 Å². The van der Waals surface area contributed by atoms with Crippen molar-refractivity contribution in [2.75, 3.05) is 0 Å². The lowest BCUT2D eigenvalue weighted by atomic mass is 10.1. The predicted octanol–water partition coefficient (Wildman–Crippen LogP) is 3.30. The highest BCUT2D eigenvalue weighted by Crippen LogP contribution is 2.20. The van der Waals surface area contributed by atoms with Crippen molar-refractivity contribution >= 4 is 0 Å². The van der Waals surface area contributed by atoms with Gasteiger partial charge in [0.15, 0.2) is 0 Å². The molecule has 0 amide bonds. The van der Waals surface area contributed by atoms with Crippen LogP contribution in [0.5, 0.6) is 0 Å². The van der Waals surface area contributed by atoms with Gasteiger partial charge in [0, 0.05) is 30.4 Å². The van der Waals surface area contributed by atoms with Crippen molar-refractivity contribution < 1.29 is 0 Å². The van der Waals surface area contributed by atoms with E-state index in [4.69, 9.17) is 0 Å². The zero-order valence-electron chi connectivity index (χ0n) is 12.0. The summed E-state index contributed by atoms with van der Waals surface area (Å²) < 4.78 is 2.19. The van der Waals surface area contributed by atoms with Gasteiger partial charge in [-0.05, 0) is 12.3 Å². The number of hydrogen-bond acceptors (Lipinski definition) is 2. The second kappa shape index (κ2) is 6.80. The number of aromatic nitrogens is 2. The topological polar surface area (TPSA) is 29.9 Å². The molecule has 0 saturated carbocycles. The van der Waals surface area contributed by atoms with Crippen LogP contribution in [0.4, 0.5) is 0 Å². The molecule has 1 N–H and O–H groups in total. The van der Waals surface area contributed by atoms with Crippen LogP contribution in [-0.2, 0) is 13.1 Å². The quantitative estimate of drug-likeness (QED) is 0.788. The van der Waals surface area contributed by atoms with Crippen LogP contribution in [0, 0.1) is 0 Å². The smallest absolute Gasteiger partial charge is 0.0537 e. The van der Waals surface area contributed by atoms with Crippen LogP contribution in [0.15, 0.2) is 6.20 Å². The summed E-state index contributed by atoms with van der Waals surface area (Å²) in [6, 6.07) is 0.522. The van der Waals surface area contributed by atoms with Crippen molar-refractivity contribution in [2.24, 2.45) is 0 Å². The van der Waals surface area contributed by atoms with E-state index in [2.05, 4.69) is 49.7 Å². The summed E-state index contributed by atoms with van der Waals surface area (Å²) in [5, 5.41) is 8.00. The molecule has 0 unspecified atom stereocenters. The Hall–Kier alpha value is -0.830. The standard InChI is InChI=1S/C14H27N3/c1-6-7-8-17-14(11(2)3)13(10-16-17)9-15-12(4)5/h10-12,15H,6-9H2,1-5H3. The first-order chi connectivity index (χ1) is 8.06. The maximum Gasteiger partial charge on any atom is 0.0537 e. The fraction of sp³-hybridized carbons (Fsp3) is 0.786. The maximum atomic E-state index is 4.53. The highest BCUT2D eigenvalue weighted by Gasteiger charge is 2.13. The summed E-state index contributed by atoms with van der Waals surface area (Å²) in [6.45, 7) is 13.0. The van der Waals surface area contributed by atoms with Crippen LogP contribution in [0.2, 0.25) is 0 Å². The van der Waals surface area contributed by atoms with E-state index < -0.39 is 0 Å². The van der Waals surface area contributed by atoms with Crippen molar-refractivity contribution in [3.8, 4) is 0 Å². The Morgan fingerprint density at radius 3 is 2.53 bits per heavy atom. The minimum absolute atomic E-state index is 0.522. The van der Waals surface area contributed by atoms with E-state index in [9.17, 15) is 0 Å². The Kier molecular flexibility index (Phi) is 5.69. The summed E-state index contributed by atoms with van der Waals surface area (Å²) in [7, 11) is 0. The minimum Gasteiger partial charge on any atom is -0.310 e. The van der Waals surface area contributed by atoms with Crippen LogP contribution in [0.1, 0.15) is 64.6 Å². The highest BCUT2D eigenvalue weighted by molar-refractivity contribution is 5.21. The van der Waals surface area contributed by atoms with Gasteiger partial charge < -0.3 is 5.32 Å². The number of nitrogens with zero attached hydrogens (tertiary/aromatic N) is 2. The van der Waals surface area contributed by atoms with Gasteiger partial charge in [-0.25, -0.2) is 0 Å². The van der Waals surface area contributed by atoms with E-state index in [1.165, 1.54) is 24.1 Å². The second-order valence-electron chi connectivity index (χ2n) is 5.32. The molecule has 1 aromatic heterocycles. The molecule has 0 atom stereocenters. The van der Waals surface area contributed by atoms with Crippen molar-refractivity contribution in [3.05, 3.63) is 17.5 Å². The number of aryl methyl sites for hydroxylation is 1. The van der Waals surface area contributed by atoms with Crippen LogP contribution >= 0.6 is 0 Å². The van der Waals surface area contributed by atoms with Crippen molar-refractivity contribution in [1.29, 1.82) is 0 Å². The Balaban J connectivity index is 2.78. The maximum absolute atomic E-state index is 4.53. The summed E-state index contributed by atoms with van der Waals surface area (Å²) in [6.07, 6.45) is 4.45. The SMILES string of the molecule is CCCCn1ncc(CNC(C)C)c1C(C)C. The van der Waals surface area contributed by atoms with Gasteiger partial charge in [-0.2, -0.15) is 5.10 Å². The molecule has 0 fully saturated rings. The third kappa shape index (κ3) is 4.15. The molecule has 0 aliphatic heterocycles. The van der Waals surface area contributed by atoms with Crippen molar-refractivity contribution in [3.63, 3.8) is 0 Å². The summed E-state index contributed by atoms with van der Waals surface area (Å²) in [5.74, 6) is 0.540. The zero-order chi connectivity index (χ0) is 12.8. The lowest BCUT2D eigenvalue weighted by Crippen LogP contribution is -2.22. The molecule has 0 aromatic carbocycles. The number of rotatable bonds is 7. The summed E-state index contributed by atoms with van der Waals surface area (Å²) in [5.41, 5.74) is 2.75. The van der Waals surface area contributed by atoms with Crippen LogP contribution in [-0.4, -0.2) is 15.8 Å². The average molecular weight is 237 g/mol. The highest BCUT2D eigenvalue weighted by atomic mass is 15.3. The normalized spacial score (nSPS) is 11.7. The molecular formula is C14H27N3. The van der Waals surface area contributed by atoms with E-state index in [1.54, 1.807) is 0 Å². The summed E-state index contributed by atoms with van der Waals surface area (Å²) in [4.78, 5) is 0. The molecule has 1 heterocycles. The van der Waals surface area contributed by atoms with Crippen molar-refractivity contribution in [1.82, 2.24) is 15.1 Å². The Bertz CT molecular complexity index is 326. The molecule has 0 saturated heterocycles. The molecule has 1 rings (SSSR count). The Morgan fingerprint density at radius 1 is 1.29 bits per heavy atom. The number of unbranched alkanes of at least 4 members (excludes halogenated alkanes) is 1. The molecule has 3 heteroatoms. The van der Waals surface area contributed by atoms with Gasteiger partial charge in [0.1, 0.15) is 0 Å². The van der Waals surface area contributed by atoms with Crippen LogP contribution in [0.3, 0.4) is 0 Å². The summed E-state index contributed by atoms with van der Waals surface area (Å²) >= 11 is 0. The molecule has 1 aromatic rings. The average Bonchev–Trinajstić information content (AvgIpc) is 2.66. The third-order valence-electron chi connectivity index (χ3n) is 2.93. The fourth-order valence-corrected chi connectivity index (χ4v) is 2.04. The van der Waals surface area contributed by atoms with E-state index in [1.807, 2.05) is 6.20 Å². The molecular weight excluding hydrogens is 210 g/mol. The predicted molar refractivity (Wildman–Crippen MR) is 73.2 cm³/mol. The lowest BCUT2D eigenvalue weighted by molar-refractivity contribution is 0.529. The first-order valence-electron chi connectivity index (χ1n) is 6.84. The Labute approximate surface area is 106 Å². The first-order valence-corrected chi connectivity index (χ1v) is 6.84. The first kappa shape index (κ1) is 14.2. The van der Waals surface area contributed by atoms with Gasteiger partial charge in [0.05, 0.1) is 6.20 Å². The molecule has 0 aliphatic carbocycles. The Morgan fingerprint density at radius 2 is 2.00 bits per heavy atom. The number of nitrogens with one attached hydrogen (secondary N) is 1. The molecule has 98 valence electrons. The second-order valence-corrected chi connectivity index (χ2v) is 5.32. The lowest BCUT2D eigenvalue weighted by Gasteiger charge is -2.14. The van der Waals surface area contributed by atoms with Crippen molar-refractivity contribution in [2.45, 2.75) is 72.5 Å². The van der Waals surface area contributed by atoms with Gasteiger partial charge in [-0.15, -0.1) is 0 Å². The largest absolute Gasteiger partial charge is 0.310 e. The molecule has 0 aliphatic rings. The van der Waals surface area contributed by atoms with E-state index in [0.29, 0.717) is 12.0 Å². The molecule has 0 bridgehead atoms. The van der Waals surface area contributed by atoms with Gasteiger partial charge in [-0.3, -0.25) is 4.68 Å². The zero-order valence-corrected chi connectivity index (χ0v) is 12.0. The van der Waals surface area contributed by atoms with E-state index in [0.717, 1.165) is 13.1 Å². The number of hydrogen-bond donors (Lipinski definition) is 1. The van der Waals surface area contributed by atoms with E-state index in [-0.39, 0.29) is 0 Å². The van der Waals surface area contributed by atoms with Gasteiger partial charge in [0.25, 0.3) is 0 Å². The third-order valence-corrected chi connectivity index (χ3v) is 2.93. The monoisotopic (exact) mass is 237 g/mol. The minimum atomic E-state index is 0.522. The van der Waals surface area contributed by atoms with Gasteiger partial charge >= 0.3 is 0 Å². The molecule has 17 heavy (non-hydrogen) atoms. The van der Waals surface area contributed by atoms with E-state index >= 15 is 0 Å². The molecule has 3 nitrogen and oxygen atoms in total. The molecule has 0 spiro atoms. The van der Waals surface area contributed by atoms with Gasteiger partial charge in [-0.1, -0.05) is 41.0 Å². The van der Waals surface area contributed by atoms with Gasteiger partial charge in [0.2, 0.25) is 0 Å². The van der Waals surface area contributed by atoms with Crippen LogP contribution in [0.25, 0.3) is 0 Å². The molecule has 0 radical (unpaired) electrons. The fourth-order valence-electron chi connectivity index (χ4n) is 2.04.